The van der Waals surface area contributed by atoms with Crippen LogP contribution in [-0.2, 0) is 0 Å². The first-order valence-electron chi connectivity index (χ1n) is 6.45. The van der Waals surface area contributed by atoms with E-state index < -0.39 is 0 Å². The van der Waals surface area contributed by atoms with E-state index in [2.05, 4.69) is 34.6 Å². The van der Waals surface area contributed by atoms with E-state index >= 15 is 0 Å². The van der Waals surface area contributed by atoms with E-state index in [9.17, 15) is 0 Å². The number of nitrogens with zero attached hydrogens (tertiary/aromatic N) is 1. The van der Waals surface area contributed by atoms with Gasteiger partial charge in [-0.15, -0.1) is 11.3 Å². The van der Waals surface area contributed by atoms with Crippen LogP contribution < -0.4 is 11.1 Å². The van der Waals surface area contributed by atoms with E-state index in [1.807, 2.05) is 35.7 Å². The first-order valence-corrected chi connectivity index (χ1v) is 7.33. The predicted octanol–water partition coefficient (Wildman–Crippen LogP) is 3.78. The highest BCUT2D eigenvalue weighted by Crippen LogP contribution is 2.33. The number of guanidine groups is 1. The van der Waals surface area contributed by atoms with Gasteiger partial charge in [0.05, 0.1) is 5.69 Å². The molecular formula is C16H14N4S. The molecule has 3 aromatic rings. The Morgan fingerprint density at radius 3 is 2.38 bits per heavy atom. The maximum absolute atomic E-state index is 7.26. The van der Waals surface area contributed by atoms with Crippen LogP contribution in [0.15, 0.2) is 60.0 Å². The van der Waals surface area contributed by atoms with Gasteiger partial charge in [0.25, 0.3) is 0 Å². The molecule has 0 aliphatic heterocycles. The van der Waals surface area contributed by atoms with Crippen molar-refractivity contribution >= 4 is 22.4 Å². The first kappa shape index (κ1) is 13.3. The molecule has 5 heteroatoms. The molecule has 2 aromatic carbocycles. The molecule has 0 radical (unpaired) electrons. The summed E-state index contributed by atoms with van der Waals surface area (Å²) in [5.74, 6) is -0.104. The summed E-state index contributed by atoms with van der Waals surface area (Å²) in [6.07, 6.45) is 0. The molecule has 1 aromatic heterocycles. The lowest BCUT2D eigenvalue weighted by Gasteiger charge is -2.07. The SMILES string of the molecule is N=C(N)Nc1nc(-c2ccccc2-c2ccccc2)cs1. The highest BCUT2D eigenvalue weighted by molar-refractivity contribution is 7.14. The summed E-state index contributed by atoms with van der Waals surface area (Å²) < 4.78 is 0. The molecule has 3 rings (SSSR count). The molecule has 1 heterocycles. The van der Waals surface area contributed by atoms with Crippen molar-refractivity contribution in [2.45, 2.75) is 0 Å². The Bertz CT molecular complexity index is 765. The Morgan fingerprint density at radius 2 is 1.67 bits per heavy atom. The molecule has 0 bridgehead atoms. The van der Waals surface area contributed by atoms with Crippen LogP contribution in [0.3, 0.4) is 0 Å². The highest BCUT2D eigenvalue weighted by atomic mass is 32.1. The normalized spacial score (nSPS) is 10.3. The Hall–Kier alpha value is -2.66. The van der Waals surface area contributed by atoms with Crippen molar-refractivity contribution in [1.29, 1.82) is 5.41 Å². The van der Waals surface area contributed by atoms with Crippen molar-refractivity contribution in [1.82, 2.24) is 4.98 Å². The van der Waals surface area contributed by atoms with Gasteiger partial charge in [-0.25, -0.2) is 4.98 Å². The highest BCUT2D eigenvalue weighted by Gasteiger charge is 2.10. The van der Waals surface area contributed by atoms with Gasteiger partial charge in [0.2, 0.25) is 0 Å². The smallest absolute Gasteiger partial charge is 0.192 e. The number of nitrogens with one attached hydrogen (secondary N) is 2. The summed E-state index contributed by atoms with van der Waals surface area (Å²) in [7, 11) is 0. The maximum Gasteiger partial charge on any atom is 0.192 e. The van der Waals surface area contributed by atoms with Crippen molar-refractivity contribution in [3.05, 3.63) is 60.0 Å². The van der Waals surface area contributed by atoms with Crippen LogP contribution in [0, 0.1) is 5.41 Å². The largest absolute Gasteiger partial charge is 0.370 e. The molecule has 0 fully saturated rings. The molecule has 0 saturated carbocycles. The van der Waals surface area contributed by atoms with Crippen molar-refractivity contribution in [2.75, 3.05) is 5.32 Å². The zero-order valence-electron chi connectivity index (χ0n) is 11.2. The quantitative estimate of drug-likeness (QED) is 0.508. The van der Waals surface area contributed by atoms with E-state index in [4.69, 9.17) is 11.1 Å². The Kier molecular flexibility index (Phi) is 3.66. The fraction of sp³-hybridized carbons (Fsp3) is 0. The van der Waals surface area contributed by atoms with E-state index in [0.717, 1.165) is 22.4 Å². The van der Waals surface area contributed by atoms with Crippen LogP contribution in [0.1, 0.15) is 0 Å². The van der Waals surface area contributed by atoms with Gasteiger partial charge in [-0.2, -0.15) is 0 Å². The number of nitrogens with two attached hydrogens (primary N) is 1. The minimum Gasteiger partial charge on any atom is -0.370 e. The molecule has 4 N–H and O–H groups in total. The number of rotatable bonds is 3. The van der Waals surface area contributed by atoms with E-state index in [0.29, 0.717) is 5.13 Å². The number of anilines is 1. The van der Waals surface area contributed by atoms with Gasteiger partial charge in [-0.3, -0.25) is 5.41 Å². The van der Waals surface area contributed by atoms with Crippen LogP contribution >= 0.6 is 11.3 Å². The van der Waals surface area contributed by atoms with Gasteiger partial charge in [0.15, 0.2) is 11.1 Å². The summed E-state index contributed by atoms with van der Waals surface area (Å²) in [4.78, 5) is 4.49. The third-order valence-corrected chi connectivity index (χ3v) is 3.79. The molecule has 0 saturated heterocycles. The van der Waals surface area contributed by atoms with Crippen LogP contribution in [0.2, 0.25) is 0 Å². The second-order valence-electron chi connectivity index (χ2n) is 4.49. The average molecular weight is 294 g/mol. The standard InChI is InChI=1S/C16H14N4S/c17-15(18)20-16-19-14(10-21-16)13-9-5-4-8-12(13)11-6-2-1-3-7-11/h1-10H,(H4,17,18,19,20). The molecule has 0 spiro atoms. The van der Waals surface area contributed by atoms with Gasteiger partial charge < -0.3 is 11.1 Å². The number of hydrogen-bond donors (Lipinski definition) is 3. The van der Waals surface area contributed by atoms with Gasteiger partial charge >= 0.3 is 0 Å². The van der Waals surface area contributed by atoms with E-state index in [1.165, 1.54) is 11.3 Å². The summed E-state index contributed by atoms with van der Waals surface area (Å²) in [6.45, 7) is 0. The molecule has 0 aliphatic carbocycles. The molecule has 0 aliphatic rings. The molecule has 21 heavy (non-hydrogen) atoms. The topological polar surface area (TPSA) is 74.8 Å². The zero-order valence-corrected chi connectivity index (χ0v) is 12.0. The molecule has 0 atom stereocenters. The number of benzene rings is 2. The van der Waals surface area contributed by atoms with Crippen molar-refractivity contribution < 1.29 is 0 Å². The third kappa shape index (κ3) is 2.93. The lowest BCUT2D eigenvalue weighted by Crippen LogP contribution is -2.20. The minimum absolute atomic E-state index is 0.104. The van der Waals surface area contributed by atoms with Gasteiger partial charge in [-0.1, -0.05) is 54.6 Å². The molecule has 4 nitrogen and oxygen atoms in total. The predicted molar refractivity (Wildman–Crippen MR) is 88.5 cm³/mol. The zero-order chi connectivity index (χ0) is 14.7. The Morgan fingerprint density at radius 1 is 1.00 bits per heavy atom. The molecule has 0 amide bonds. The fourth-order valence-corrected chi connectivity index (χ4v) is 2.87. The first-order chi connectivity index (χ1) is 10.2. The average Bonchev–Trinajstić information content (AvgIpc) is 2.96. The minimum atomic E-state index is -0.104. The number of hydrogen-bond acceptors (Lipinski definition) is 3. The maximum atomic E-state index is 7.26. The summed E-state index contributed by atoms with van der Waals surface area (Å²) in [5, 5.41) is 12.6. The monoisotopic (exact) mass is 294 g/mol. The molecule has 104 valence electrons. The van der Waals surface area contributed by atoms with E-state index in [-0.39, 0.29) is 5.96 Å². The van der Waals surface area contributed by atoms with Gasteiger partial charge in [0.1, 0.15) is 0 Å². The summed E-state index contributed by atoms with van der Waals surface area (Å²) in [6, 6.07) is 18.4. The Balaban J connectivity index is 2.03. The third-order valence-electron chi connectivity index (χ3n) is 3.03. The molecular weight excluding hydrogens is 280 g/mol. The fourth-order valence-electron chi connectivity index (χ4n) is 2.15. The lowest BCUT2D eigenvalue weighted by molar-refractivity contribution is 1.35. The number of aromatic nitrogens is 1. The molecule has 0 unspecified atom stereocenters. The van der Waals surface area contributed by atoms with Crippen molar-refractivity contribution in [3.63, 3.8) is 0 Å². The van der Waals surface area contributed by atoms with Gasteiger partial charge in [0, 0.05) is 10.9 Å². The number of thiazole rings is 1. The van der Waals surface area contributed by atoms with Crippen LogP contribution in [-0.4, -0.2) is 10.9 Å². The summed E-state index contributed by atoms with van der Waals surface area (Å²) >= 11 is 1.43. The van der Waals surface area contributed by atoms with Crippen LogP contribution in [0.25, 0.3) is 22.4 Å². The second kappa shape index (κ2) is 5.76. The Labute approximate surface area is 126 Å². The van der Waals surface area contributed by atoms with Crippen molar-refractivity contribution in [3.8, 4) is 22.4 Å². The van der Waals surface area contributed by atoms with Crippen molar-refractivity contribution in [2.24, 2.45) is 5.73 Å². The lowest BCUT2D eigenvalue weighted by atomic mass is 9.98. The second-order valence-corrected chi connectivity index (χ2v) is 5.35. The van der Waals surface area contributed by atoms with Gasteiger partial charge in [-0.05, 0) is 11.1 Å². The van der Waals surface area contributed by atoms with Crippen LogP contribution in [0.4, 0.5) is 5.13 Å². The van der Waals surface area contributed by atoms with Crippen LogP contribution in [0.5, 0.6) is 0 Å². The van der Waals surface area contributed by atoms with E-state index in [1.54, 1.807) is 0 Å². The summed E-state index contributed by atoms with van der Waals surface area (Å²) in [5.41, 5.74) is 9.57.